The van der Waals surface area contributed by atoms with Crippen LogP contribution in [0.4, 0.5) is 4.79 Å². The maximum atomic E-state index is 13.7. The van der Waals surface area contributed by atoms with Crippen LogP contribution in [0.1, 0.15) is 63.1 Å². The van der Waals surface area contributed by atoms with Crippen molar-refractivity contribution in [2.75, 3.05) is 41.5 Å². The van der Waals surface area contributed by atoms with E-state index < -0.39 is 36.8 Å². The van der Waals surface area contributed by atoms with Crippen LogP contribution in [-0.4, -0.2) is 120 Å². The maximum Gasteiger partial charge on any atom is 0.407 e. The molecule has 57 heavy (non-hydrogen) atoms. The van der Waals surface area contributed by atoms with E-state index in [1.807, 2.05) is 30.3 Å². The van der Waals surface area contributed by atoms with E-state index in [1.165, 1.54) is 28.4 Å². The third kappa shape index (κ3) is 9.19. The molecule has 6 rings (SSSR count). The number of benzene rings is 2. The molecule has 2 aliphatic rings. The van der Waals surface area contributed by atoms with Gasteiger partial charge in [0.25, 0.3) is 0 Å². The predicted molar refractivity (Wildman–Crippen MR) is 214 cm³/mol. The Morgan fingerprint density at radius 3 is 1.88 bits per heavy atom. The van der Waals surface area contributed by atoms with Gasteiger partial charge in [-0.1, -0.05) is 60.1 Å². The van der Waals surface area contributed by atoms with Crippen LogP contribution in [0.2, 0.25) is 5.02 Å². The second-order valence-electron chi connectivity index (χ2n) is 14.4. The standard InChI is InChI=1S/C41H52ClN7O8/c1-23(54-3)34(46-40(52)56-5)38(50)48-19-7-9-32(48)36-29(42)21-30(44-36)27-15-11-25(12-16-27)26-13-17-28(18-14-26)31-22-43-37(45-31)33-10-8-20-49(33)39(51)35(24(2)55-4)47-41(53)57-6/h11-18,21-24,32-35,40,44,46,52H,7-10,19-20H2,1-6H3,(H,43,45)(H,47,53)/t23-,24-,32+,33+,34+,35+,40?/m1/s1. The van der Waals surface area contributed by atoms with Crippen molar-refractivity contribution >= 4 is 29.5 Å². The number of likely N-dealkylation sites (tertiary alicyclic amines) is 2. The minimum Gasteiger partial charge on any atom is -0.453 e. The van der Waals surface area contributed by atoms with Gasteiger partial charge in [-0.3, -0.25) is 14.9 Å². The number of carbonyl (C=O) groups is 3. The van der Waals surface area contributed by atoms with Gasteiger partial charge in [0.1, 0.15) is 17.9 Å². The smallest absolute Gasteiger partial charge is 0.407 e. The summed E-state index contributed by atoms with van der Waals surface area (Å²) in [5, 5.41) is 16.0. The van der Waals surface area contributed by atoms with Gasteiger partial charge in [-0.25, -0.2) is 9.78 Å². The lowest BCUT2D eigenvalue weighted by Gasteiger charge is -2.32. The van der Waals surface area contributed by atoms with E-state index in [1.54, 1.807) is 29.8 Å². The molecule has 0 radical (unpaired) electrons. The summed E-state index contributed by atoms with van der Waals surface area (Å²) in [6.45, 7) is 4.58. The number of halogens is 1. The number of aliphatic hydroxyl groups excluding tert-OH is 1. The fourth-order valence-corrected chi connectivity index (χ4v) is 7.93. The number of aromatic nitrogens is 3. The number of aliphatic hydroxyl groups is 1. The maximum absolute atomic E-state index is 13.7. The van der Waals surface area contributed by atoms with Crippen LogP contribution in [-0.2, 0) is 28.5 Å². The first-order chi connectivity index (χ1) is 27.5. The average molecular weight is 806 g/mol. The number of carbonyl (C=O) groups excluding carboxylic acids is 3. The zero-order chi connectivity index (χ0) is 40.8. The van der Waals surface area contributed by atoms with Crippen LogP contribution >= 0.6 is 11.6 Å². The average Bonchev–Trinajstić information content (AvgIpc) is 4.08. The quantitative estimate of drug-likeness (QED) is 0.0977. The number of amides is 3. The highest BCUT2D eigenvalue weighted by Crippen LogP contribution is 2.39. The highest BCUT2D eigenvalue weighted by molar-refractivity contribution is 6.31. The SMILES string of the molecule is COC(=O)N[C@H](C(=O)N1CCC[C@H]1c1ncc(-c2ccc(-c3ccc(-c4cc(Cl)c([C@@H]5CCCN5C(=O)[C@@H](NC(O)OC)[C@@H](C)OC)[nH]4)cc3)cc2)[nH]1)[C@@H](C)OC. The molecule has 2 aliphatic heterocycles. The molecule has 4 heterocycles. The molecule has 2 aromatic carbocycles. The van der Waals surface area contributed by atoms with Crippen molar-refractivity contribution in [1.29, 1.82) is 0 Å². The number of aromatic amines is 2. The van der Waals surface area contributed by atoms with Crippen molar-refractivity contribution in [3.8, 4) is 33.6 Å². The molecular weight excluding hydrogens is 754 g/mol. The van der Waals surface area contributed by atoms with Crippen LogP contribution in [0.5, 0.6) is 0 Å². The molecule has 2 fully saturated rings. The second-order valence-corrected chi connectivity index (χ2v) is 14.8. The van der Waals surface area contributed by atoms with Crippen LogP contribution in [0.3, 0.4) is 0 Å². The third-order valence-electron chi connectivity index (χ3n) is 11.1. The van der Waals surface area contributed by atoms with Gasteiger partial charge in [0.2, 0.25) is 18.2 Å². The number of methoxy groups -OCH3 is 4. The molecule has 15 nitrogen and oxygen atoms in total. The Labute approximate surface area is 337 Å². The summed E-state index contributed by atoms with van der Waals surface area (Å²) in [5.41, 5.74) is 6.40. The molecule has 7 atom stereocenters. The molecule has 5 N–H and O–H groups in total. The van der Waals surface area contributed by atoms with Crippen LogP contribution in [0.25, 0.3) is 33.6 Å². The van der Waals surface area contributed by atoms with Crippen molar-refractivity contribution in [1.82, 2.24) is 35.4 Å². The number of hydrogen-bond donors (Lipinski definition) is 5. The molecule has 2 aromatic heterocycles. The van der Waals surface area contributed by atoms with Gasteiger partial charge in [0, 0.05) is 40.1 Å². The van der Waals surface area contributed by atoms with E-state index in [4.69, 9.17) is 30.5 Å². The first-order valence-electron chi connectivity index (χ1n) is 19.1. The van der Waals surface area contributed by atoms with E-state index >= 15 is 0 Å². The molecule has 0 spiro atoms. The summed E-state index contributed by atoms with van der Waals surface area (Å²) in [7, 11) is 5.62. The summed E-state index contributed by atoms with van der Waals surface area (Å²) in [5.74, 6) is 0.224. The van der Waals surface area contributed by atoms with E-state index in [9.17, 15) is 19.5 Å². The van der Waals surface area contributed by atoms with E-state index in [-0.39, 0.29) is 23.9 Å². The number of rotatable bonds is 15. The Bertz CT molecular complexity index is 1990. The molecule has 0 saturated carbocycles. The van der Waals surface area contributed by atoms with Gasteiger partial charge in [-0.2, -0.15) is 0 Å². The largest absolute Gasteiger partial charge is 0.453 e. The molecule has 306 valence electrons. The zero-order valence-electron chi connectivity index (χ0n) is 33.1. The summed E-state index contributed by atoms with van der Waals surface area (Å²) < 4.78 is 20.5. The van der Waals surface area contributed by atoms with E-state index in [0.29, 0.717) is 23.9 Å². The Hall–Kier alpha value is -4.77. The first kappa shape index (κ1) is 41.9. The summed E-state index contributed by atoms with van der Waals surface area (Å²) in [6.07, 6.45) is 1.79. The highest BCUT2D eigenvalue weighted by atomic mass is 35.5. The van der Waals surface area contributed by atoms with Crippen molar-refractivity contribution in [2.45, 2.75) is 82.3 Å². The molecule has 2 saturated heterocycles. The Kier molecular flexibility index (Phi) is 13.7. The van der Waals surface area contributed by atoms with Crippen LogP contribution in [0.15, 0.2) is 60.8 Å². The predicted octanol–water partition coefficient (Wildman–Crippen LogP) is 5.39. The minimum atomic E-state index is -1.32. The number of H-pyrrole nitrogens is 2. The van der Waals surface area contributed by atoms with Crippen molar-refractivity contribution < 1.29 is 38.4 Å². The topological polar surface area (TPSA) is 183 Å². The normalized spacial score (nSPS) is 19.6. The Morgan fingerprint density at radius 1 is 0.772 bits per heavy atom. The lowest BCUT2D eigenvalue weighted by molar-refractivity contribution is -0.148. The van der Waals surface area contributed by atoms with Crippen LogP contribution < -0.4 is 10.6 Å². The van der Waals surface area contributed by atoms with Gasteiger partial charge in [-0.05, 0) is 67.9 Å². The van der Waals surface area contributed by atoms with Gasteiger partial charge >= 0.3 is 6.09 Å². The fourth-order valence-electron chi connectivity index (χ4n) is 7.65. The van der Waals surface area contributed by atoms with Gasteiger partial charge in [0.05, 0.1) is 54.0 Å². The Morgan fingerprint density at radius 2 is 1.30 bits per heavy atom. The third-order valence-corrected chi connectivity index (χ3v) is 11.4. The van der Waals surface area contributed by atoms with Gasteiger partial charge < -0.3 is 49.1 Å². The number of nitrogens with zero attached hydrogens (tertiary/aromatic N) is 3. The summed E-state index contributed by atoms with van der Waals surface area (Å²) >= 11 is 6.81. The number of alkyl carbamates (subject to hydrolysis) is 1. The van der Waals surface area contributed by atoms with Crippen molar-refractivity contribution in [3.05, 3.63) is 77.3 Å². The molecule has 16 heteroatoms. The highest BCUT2D eigenvalue weighted by Gasteiger charge is 2.40. The van der Waals surface area contributed by atoms with Gasteiger partial charge in [0.15, 0.2) is 0 Å². The van der Waals surface area contributed by atoms with Gasteiger partial charge in [-0.15, -0.1) is 0 Å². The Balaban J connectivity index is 1.13. The molecule has 3 amide bonds. The monoisotopic (exact) mass is 805 g/mol. The summed E-state index contributed by atoms with van der Waals surface area (Å²) in [6, 6.07) is 16.0. The van der Waals surface area contributed by atoms with E-state index in [0.717, 1.165) is 65.0 Å². The number of ether oxygens (including phenoxy) is 4. The van der Waals surface area contributed by atoms with Crippen LogP contribution in [0, 0.1) is 0 Å². The van der Waals surface area contributed by atoms with Crippen molar-refractivity contribution in [3.63, 3.8) is 0 Å². The molecule has 4 aromatic rings. The first-order valence-corrected chi connectivity index (χ1v) is 19.5. The molecule has 0 aliphatic carbocycles. The lowest BCUT2D eigenvalue weighted by Crippen LogP contribution is -2.55. The number of hydrogen-bond acceptors (Lipinski definition) is 10. The zero-order valence-corrected chi connectivity index (χ0v) is 33.8. The molecule has 0 bridgehead atoms. The minimum absolute atomic E-state index is 0.205. The summed E-state index contributed by atoms with van der Waals surface area (Å²) in [4.78, 5) is 54.5. The van der Waals surface area contributed by atoms with Crippen molar-refractivity contribution in [2.24, 2.45) is 0 Å². The number of imidazole rings is 1. The molecular formula is C41H52ClN7O8. The fraction of sp³-hybridized carbons (Fsp3) is 0.463. The molecule has 1 unspecified atom stereocenters. The van der Waals surface area contributed by atoms with E-state index in [2.05, 4.69) is 49.9 Å². The second kappa shape index (κ2) is 18.7. The number of nitrogens with one attached hydrogen (secondary N) is 4. The lowest BCUT2D eigenvalue weighted by atomic mass is 10.0.